The van der Waals surface area contributed by atoms with Gasteiger partial charge in [-0.2, -0.15) is 13.2 Å². The quantitative estimate of drug-likeness (QED) is 0.912. The summed E-state index contributed by atoms with van der Waals surface area (Å²) in [6.07, 6.45) is -2.90. The van der Waals surface area contributed by atoms with Crippen LogP contribution in [0.15, 0.2) is 42.6 Å². The zero-order valence-corrected chi connectivity index (χ0v) is 10.4. The minimum Gasteiger partial charge on any atom is -0.319 e. The van der Waals surface area contributed by atoms with E-state index in [1.807, 2.05) is 0 Å². The first-order chi connectivity index (χ1) is 8.88. The number of nitrogens with two attached hydrogens (primary N) is 1. The fraction of sp³-hybridized carbons (Fsp3) is 0.154. The largest absolute Gasteiger partial charge is 0.416 e. The van der Waals surface area contributed by atoms with Gasteiger partial charge in [0.25, 0.3) is 0 Å². The molecule has 2 N–H and O–H groups in total. The summed E-state index contributed by atoms with van der Waals surface area (Å²) in [6, 6.07) is 7.40. The van der Waals surface area contributed by atoms with E-state index in [1.165, 1.54) is 18.3 Å². The number of halogens is 4. The monoisotopic (exact) mass is 286 g/mol. The third-order valence-electron chi connectivity index (χ3n) is 2.67. The normalized spacial score (nSPS) is 13.3. The second-order valence-corrected chi connectivity index (χ2v) is 4.44. The molecule has 0 saturated heterocycles. The maximum absolute atomic E-state index is 12.4. The van der Waals surface area contributed by atoms with Gasteiger partial charge >= 0.3 is 6.18 Å². The van der Waals surface area contributed by atoms with Crippen molar-refractivity contribution >= 4 is 11.6 Å². The molecular formula is C13H10ClF3N2. The van der Waals surface area contributed by atoms with Gasteiger partial charge in [-0.15, -0.1) is 0 Å². The van der Waals surface area contributed by atoms with Crippen molar-refractivity contribution in [3.05, 3.63) is 64.4 Å². The number of hydrogen-bond acceptors (Lipinski definition) is 2. The average molecular weight is 287 g/mol. The Kier molecular flexibility index (Phi) is 3.78. The number of rotatable bonds is 2. The van der Waals surface area contributed by atoms with Crippen molar-refractivity contribution in [1.82, 2.24) is 4.98 Å². The van der Waals surface area contributed by atoms with Gasteiger partial charge in [0, 0.05) is 6.20 Å². The number of hydrogen-bond donors (Lipinski definition) is 1. The second kappa shape index (κ2) is 5.19. The highest BCUT2D eigenvalue weighted by Crippen LogP contribution is 2.30. The van der Waals surface area contributed by atoms with E-state index in [4.69, 9.17) is 17.3 Å². The molecule has 0 aliphatic carbocycles. The fourth-order valence-electron chi connectivity index (χ4n) is 1.62. The molecule has 0 fully saturated rings. The topological polar surface area (TPSA) is 38.9 Å². The van der Waals surface area contributed by atoms with Crippen molar-refractivity contribution in [3.8, 4) is 0 Å². The molecule has 1 heterocycles. The van der Waals surface area contributed by atoms with Crippen LogP contribution in [0, 0.1) is 0 Å². The number of nitrogens with zero attached hydrogens (tertiary/aromatic N) is 1. The maximum Gasteiger partial charge on any atom is 0.416 e. The van der Waals surface area contributed by atoms with E-state index in [1.54, 1.807) is 12.1 Å². The lowest BCUT2D eigenvalue weighted by molar-refractivity contribution is -0.137. The van der Waals surface area contributed by atoms with Crippen molar-refractivity contribution in [1.29, 1.82) is 0 Å². The van der Waals surface area contributed by atoms with Crippen LogP contribution in [-0.4, -0.2) is 4.98 Å². The summed E-state index contributed by atoms with van der Waals surface area (Å²) in [6.45, 7) is 0. The molecule has 2 rings (SSSR count). The molecule has 2 nitrogen and oxygen atoms in total. The number of alkyl halides is 3. The Morgan fingerprint density at radius 1 is 1.05 bits per heavy atom. The summed E-state index contributed by atoms with van der Waals surface area (Å²) in [7, 11) is 0. The van der Waals surface area contributed by atoms with Gasteiger partial charge in [0.15, 0.2) is 0 Å². The van der Waals surface area contributed by atoms with Gasteiger partial charge in [-0.25, -0.2) is 0 Å². The van der Waals surface area contributed by atoms with Crippen molar-refractivity contribution in [2.75, 3.05) is 0 Å². The lowest BCUT2D eigenvalue weighted by atomic mass is 10.0. The Morgan fingerprint density at radius 2 is 1.68 bits per heavy atom. The van der Waals surface area contributed by atoms with Gasteiger partial charge in [-0.05, 0) is 29.8 Å². The zero-order valence-electron chi connectivity index (χ0n) is 9.66. The van der Waals surface area contributed by atoms with Crippen molar-refractivity contribution in [2.45, 2.75) is 12.2 Å². The highest BCUT2D eigenvalue weighted by atomic mass is 35.5. The molecule has 0 amide bonds. The third-order valence-corrected chi connectivity index (χ3v) is 2.89. The summed E-state index contributed by atoms with van der Waals surface area (Å²) < 4.78 is 37.3. The predicted octanol–water partition coefficient (Wildman–Crippen LogP) is 3.80. The highest BCUT2D eigenvalue weighted by molar-refractivity contribution is 6.30. The first-order valence-corrected chi connectivity index (χ1v) is 5.80. The number of benzene rings is 1. The summed E-state index contributed by atoms with van der Waals surface area (Å²) in [5.41, 5.74) is 6.34. The van der Waals surface area contributed by atoms with Gasteiger partial charge in [0.1, 0.15) is 0 Å². The van der Waals surface area contributed by atoms with Gasteiger partial charge in [-0.3, -0.25) is 4.98 Å². The van der Waals surface area contributed by atoms with Gasteiger partial charge < -0.3 is 5.73 Å². The summed E-state index contributed by atoms with van der Waals surface area (Å²) >= 11 is 5.71. The van der Waals surface area contributed by atoms with Gasteiger partial charge in [0.05, 0.1) is 22.3 Å². The molecule has 0 bridgehead atoms. The number of pyridine rings is 1. The standard InChI is InChI=1S/C13H10ClF3N2/c14-10-5-6-11(19-7-10)12(18)8-1-3-9(4-2-8)13(15,16)17/h1-7,12H,18H2. The van der Waals surface area contributed by atoms with Crippen LogP contribution in [0.25, 0.3) is 0 Å². The zero-order chi connectivity index (χ0) is 14.0. The lowest BCUT2D eigenvalue weighted by Gasteiger charge is -2.13. The second-order valence-electron chi connectivity index (χ2n) is 4.00. The Morgan fingerprint density at radius 3 is 2.16 bits per heavy atom. The van der Waals surface area contributed by atoms with Crippen LogP contribution in [-0.2, 0) is 6.18 Å². The molecule has 1 atom stereocenters. The van der Waals surface area contributed by atoms with E-state index in [0.717, 1.165) is 12.1 Å². The van der Waals surface area contributed by atoms with Crippen LogP contribution in [0.2, 0.25) is 5.02 Å². The van der Waals surface area contributed by atoms with Gasteiger partial charge in [0.2, 0.25) is 0 Å². The summed E-state index contributed by atoms with van der Waals surface area (Å²) in [5.74, 6) is 0. The molecule has 0 saturated carbocycles. The van der Waals surface area contributed by atoms with Crippen LogP contribution in [0.3, 0.4) is 0 Å². The van der Waals surface area contributed by atoms with Crippen molar-refractivity contribution in [3.63, 3.8) is 0 Å². The highest BCUT2D eigenvalue weighted by Gasteiger charge is 2.30. The molecule has 19 heavy (non-hydrogen) atoms. The van der Waals surface area contributed by atoms with Crippen LogP contribution in [0.1, 0.15) is 22.9 Å². The molecule has 0 spiro atoms. The van der Waals surface area contributed by atoms with Crippen LogP contribution in [0.4, 0.5) is 13.2 Å². The molecule has 100 valence electrons. The molecule has 0 aliphatic heterocycles. The summed E-state index contributed by atoms with van der Waals surface area (Å²) in [4.78, 5) is 4.05. The van der Waals surface area contributed by atoms with Crippen LogP contribution in [0.5, 0.6) is 0 Å². The first kappa shape index (κ1) is 13.8. The van der Waals surface area contributed by atoms with E-state index < -0.39 is 17.8 Å². The van der Waals surface area contributed by atoms with Crippen LogP contribution < -0.4 is 5.73 Å². The first-order valence-electron chi connectivity index (χ1n) is 5.42. The van der Waals surface area contributed by atoms with E-state index in [2.05, 4.69) is 4.98 Å². The molecular weight excluding hydrogens is 277 g/mol. The molecule has 0 aliphatic rings. The Balaban J connectivity index is 2.25. The number of aromatic nitrogens is 1. The smallest absolute Gasteiger partial charge is 0.319 e. The minimum atomic E-state index is -4.35. The summed E-state index contributed by atoms with van der Waals surface area (Å²) in [5, 5.41) is 0.475. The van der Waals surface area contributed by atoms with E-state index >= 15 is 0 Å². The Bertz CT molecular complexity index is 550. The molecule has 6 heteroatoms. The van der Waals surface area contributed by atoms with Crippen molar-refractivity contribution < 1.29 is 13.2 Å². The van der Waals surface area contributed by atoms with Crippen molar-refractivity contribution in [2.24, 2.45) is 5.73 Å². The molecule has 0 radical (unpaired) electrons. The van der Waals surface area contributed by atoms with Gasteiger partial charge in [-0.1, -0.05) is 23.7 Å². The Labute approximate surface area is 113 Å². The average Bonchev–Trinajstić information content (AvgIpc) is 2.38. The SMILES string of the molecule is NC(c1ccc(C(F)(F)F)cc1)c1ccc(Cl)cn1. The molecule has 1 unspecified atom stereocenters. The van der Waals surface area contributed by atoms with E-state index in [0.29, 0.717) is 16.3 Å². The molecule has 1 aromatic heterocycles. The van der Waals surface area contributed by atoms with E-state index in [-0.39, 0.29) is 0 Å². The Hall–Kier alpha value is -1.59. The fourth-order valence-corrected chi connectivity index (χ4v) is 1.73. The van der Waals surface area contributed by atoms with Crippen LogP contribution >= 0.6 is 11.6 Å². The minimum absolute atomic E-state index is 0.475. The maximum atomic E-state index is 12.4. The third kappa shape index (κ3) is 3.24. The predicted molar refractivity (Wildman–Crippen MR) is 66.7 cm³/mol. The molecule has 2 aromatic rings. The van der Waals surface area contributed by atoms with E-state index in [9.17, 15) is 13.2 Å². The lowest BCUT2D eigenvalue weighted by Crippen LogP contribution is -2.14. The molecule has 1 aromatic carbocycles.